The molecule has 1 aromatic carbocycles. The highest BCUT2D eigenvalue weighted by Gasteiger charge is 2.53. The summed E-state index contributed by atoms with van der Waals surface area (Å²) in [6.45, 7) is 0.684. The highest BCUT2D eigenvalue weighted by molar-refractivity contribution is 5.26. The van der Waals surface area contributed by atoms with Crippen LogP contribution in [-0.2, 0) is 11.3 Å². The Labute approximate surface area is 121 Å². The zero-order valence-electron chi connectivity index (χ0n) is 12.3. The van der Waals surface area contributed by atoms with Crippen molar-refractivity contribution in [1.29, 1.82) is 0 Å². The lowest BCUT2D eigenvalue weighted by Gasteiger charge is -2.56. The third-order valence-electron chi connectivity index (χ3n) is 5.24. The lowest BCUT2D eigenvalue weighted by molar-refractivity contribution is -0.149. The average molecular weight is 275 g/mol. The second-order valence-electron chi connectivity index (χ2n) is 6.28. The van der Waals surface area contributed by atoms with Crippen LogP contribution in [0.2, 0.25) is 0 Å². The van der Waals surface area contributed by atoms with Gasteiger partial charge in [-0.3, -0.25) is 0 Å². The summed E-state index contributed by atoms with van der Waals surface area (Å²) in [5.74, 6) is 0.892. The van der Waals surface area contributed by atoms with Gasteiger partial charge in [-0.2, -0.15) is 0 Å². The van der Waals surface area contributed by atoms with Gasteiger partial charge in [-0.15, -0.1) is 0 Å². The van der Waals surface area contributed by atoms with Gasteiger partial charge in [-0.25, -0.2) is 0 Å². The Morgan fingerprint density at radius 2 is 1.85 bits per heavy atom. The van der Waals surface area contributed by atoms with Gasteiger partial charge in [0.2, 0.25) is 0 Å². The van der Waals surface area contributed by atoms with Crippen LogP contribution in [0.1, 0.15) is 44.1 Å². The van der Waals surface area contributed by atoms with Crippen molar-refractivity contribution in [3.8, 4) is 5.75 Å². The number of benzene rings is 1. The number of hydrogen-bond donors (Lipinski definition) is 1. The van der Waals surface area contributed by atoms with Crippen LogP contribution in [0.3, 0.4) is 0 Å². The second-order valence-corrected chi connectivity index (χ2v) is 6.28. The van der Waals surface area contributed by atoms with Crippen molar-refractivity contribution in [2.24, 2.45) is 11.1 Å². The molecule has 2 aliphatic carbocycles. The number of rotatable bonds is 4. The summed E-state index contributed by atoms with van der Waals surface area (Å²) in [6, 6.07) is 8.47. The fraction of sp³-hybridized carbons (Fsp3) is 0.647. The first-order chi connectivity index (χ1) is 9.74. The molecule has 0 heterocycles. The Balaban J connectivity index is 1.57. The molecule has 0 aromatic heterocycles. The van der Waals surface area contributed by atoms with E-state index in [1.807, 2.05) is 12.1 Å². The van der Waals surface area contributed by atoms with E-state index in [0.717, 1.165) is 12.2 Å². The first-order valence-corrected chi connectivity index (χ1v) is 7.75. The fourth-order valence-electron chi connectivity index (χ4n) is 3.83. The highest BCUT2D eigenvalue weighted by atomic mass is 16.5. The molecule has 0 bridgehead atoms. The van der Waals surface area contributed by atoms with E-state index in [-0.39, 0.29) is 5.41 Å². The lowest BCUT2D eigenvalue weighted by Crippen LogP contribution is -2.62. The third kappa shape index (κ3) is 2.45. The summed E-state index contributed by atoms with van der Waals surface area (Å²) in [7, 11) is 1.69. The van der Waals surface area contributed by atoms with E-state index in [1.165, 1.54) is 37.7 Å². The monoisotopic (exact) mass is 275 g/mol. The smallest absolute Gasteiger partial charge is 0.118 e. The maximum atomic E-state index is 6.29. The molecule has 2 aliphatic rings. The largest absolute Gasteiger partial charge is 0.497 e. The van der Waals surface area contributed by atoms with Crippen molar-refractivity contribution in [1.82, 2.24) is 0 Å². The molecule has 3 rings (SSSR count). The minimum Gasteiger partial charge on any atom is -0.497 e. The zero-order valence-corrected chi connectivity index (χ0v) is 12.3. The van der Waals surface area contributed by atoms with Gasteiger partial charge >= 0.3 is 0 Å². The van der Waals surface area contributed by atoms with Crippen LogP contribution in [0.25, 0.3) is 0 Å². The van der Waals surface area contributed by atoms with Gasteiger partial charge in [0.25, 0.3) is 0 Å². The predicted molar refractivity (Wildman–Crippen MR) is 79.7 cm³/mol. The predicted octanol–water partition coefficient (Wildman–Crippen LogP) is 3.26. The van der Waals surface area contributed by atoms with Crippen molar-refractivity contribution in [3.63, 3.8) is 0 Å². The Bertz CT molecular complexity index is 437. The van der Waals surface area contributed by atoms with Crippen LogP contribution in [0.4, 0.5) is 0 Å². The van der Waals surface area contributed by atoms with Gasteiger partial charge in [0.05, 0.1) is 19.8 Å². The molecular weight excluding hydrogens is 250 g/mol. The molecule has 0 amide bonds. The second kappa shape index (κ2) is 5.74. The molecule has 2 saturated carbocycles. The SMILES string of the molecule is COc1ccc(COC2CC(N)C23CCCCC3)cc1. The van der Waals surface area contributed by atoms with E-state index in [9.17, 15) is 0 Å². The van der Waals surface area contributed by atoms with E-state index in [0.29, 0.717) is 18.8 Å². The van der Waals surface area contributed by atoms with Gasteiger partial charge < -0.3 is 15.2 Å². The molecule has 3 nitrogen and oxygen atoms in total. The summed E-state index contributed by atoms with van der Waals surface area (Å²) in [5, 5.41) is 0. The number of hydrogen-bond acceptors (Lipinski definition) is 3. The summed E-state index contributed by atoms with van der Waals surface area (Å²) in [6.07, 6.45) is 7.88. The van der Waals surface area contributed by atoms with Crippen LogP contribution in [0, 0.1) is 5.41 Å². The molecule has 2 N–H and O–H groups in total. The molecule has 2 fully saturated rings. The maximum Gasteiger partial charge on any atom is 0.118 e. The van der Waals surface area contributed by atoms with Crippen molar-refractivity contribution in [2.45, 2.75) is 57.3 Å². The number of nitrogens with two attached hydrogens (primary N) is 1. The Hall–Kier alpha value is -1.06. The Morgan fingerprint density at radius 3 is 2.45 bits per heavy atom. The molecule has 0 aliphatic heterocycles. The molecule has 0 radical (unpaired) electrons. The minimum atomic E-state index is 0.282. The van der Waals surface area contributed by atoms with Crippen molar-refractivity contribution >= 4 is 0 Å². The van der Waals surface area contributed by atoms with Crippen LogP contribution < -0.4 is 10.5 Å². The number of methoxy groups -OCH3 is 1. The van der Waals surface area contributed by atoms with Crippen LogP contribution in [0.5, 0.6) is 5.75 Å². The van der Waals surface area contributed by atoms with Crippen LogP contribution >= 0.6 is 0 Å². The summed E-state index contributed by atoms with van der Waals surface area (Å²) < 4.78 is 11.4. The Morgan fingerprint density at radius 1 is 1.15 bits per heavy atom. The fourth-order valence-corrected chi connectivity index (χ4v) is 3.83. The highest BCUT2D eigenvalue weighted by Crippen LogP contribution is 2.52. The average Bonchev–Trinajstić information content (AvgIpc) is 2.52. The van der Waals surface area contributed by atoms with Crippen LogP contribution in [0.15, 0.2) is 24.3 Å². The van der Waals surface area contributed by atoms with Gasteiger partial charge in [-0.1, -0.05) is 31.4 Å². The molecule has 3 heteroatoms. The first kappa shape index (κ1) is 13.9. The lowest BCUT2D eigenvalue weighted by atomic mass is 9.55. The van der Waals surface area contributed by atoms with Gasteiger partial charge in [0.1, 0.15) is 5.75 Å². The standard InChI is InChI=1S/C17H25NO2/c1-19-14-7-5-13(6-8-14)12-20-16-11-15(18)17(16)9-3-2-4-10-17/h5-8,15-16H,2-4,9-12,18H2,1H3. The van der Waals surface area contributed by atoms with Crippen molar-refractivity contribution in [3.05, 3.63) is 29.8 Å². The first-order valence-electron chi connectivity index (χ1n) is 7.75. The molecule has 0 saturated heterocycles. The minimum absolute atomic E-state index is 0.282. The molecule has 1 aromatic rings. The topological polar surface area (TPSA) is 44.5 Å². The molecule has 2 unspecified atom stereocenters. The Kier molecular flexibility index (Phi) is 3.99. The summed E-state index contributed by atoms with van der Waals surface area (Å²) in [5.41, 5.74) is 7.78. The van der Waals surface area contributed by atoms with E-state index in [2.05, 4.69) is 12.1 Å². The number of ether oxygens (including phenoxy) is 2. The maximum absolute atomic E-state index is 6.29. The molecule has 1 spiro atoms. The quantitative estimate of drug-likeness (QED) is 0.917. The summed E-state index contributed by atoms with van der Waals surface area (Å²) >= 11 is 0. The molecule has 2 atom stereocenters. The molecular formula is C17H25NO2. The van der Waals surface area contributed by atoms with Gasteiger partial charge in [-0.05, 0) is 37.0 Å². The van der Waals surface area contributed by atoms with Crippen molar-refractivity contribution < 1.29 is 9.47 Å². The van der Waals surface area contributed by atoms with Gasteiger partial charge in [0, 0.05) is 11.5 Å². The molecule has 20 heavy (non-hydrogen) atoms. The zero-order chi connectivity index (χ0) is 14.0. The van der Waals surface area contributed by atoms with E-state index >= 15 is 0 Å². The van der Waals surface area contributed by atoms with Gasteiger partial charge in [0.15, 0.2) is 0 Å². The van der Waals surface area contributed by atoms with E-state index in [4.69, 9.17) is 15.2 Å². The van der Waals surface area contributed by atoms with Crippen molar-refractivity contribution in [2.75, 3.05) is 7.11 Å². The molecule has 110 valence electrons. The summed E-state index contributed by atoms with van der Waals surface area (Å²) in [4.78, 5) is 0. The third-order valence-corrected chi connectivity index (χ3v) is 5.24. The van der Waals surface area contributed by atoms with E-state index in [1.54, 1.807) is 7.11 Å². The van der Waals surface area contributed by atoms with E-state index < -0.39 is 0 Å². The normalized spacial score (nSPS) is 28.1. The van der Waals surface area contributed by atoms with Crippen LogP contribution in [-0.4, -0.2) is 19.3 Å².